The van der Waals surface area contributed by atoms with Crippen molar-refractivity contribution in [1.29, 1.82) is 0 Å². The van der Waals surface area contributed by atoms with Crippen LogP contribution in [0.4, 0.5) is 11.4 Å². The fourth-order valence-corrected chi connectivity index (χ4v) is 1.85. The lowest BCUT2D eigenvalue weighted by atomic mass is 10.3. The lowest BCUT2D eigenvalue weighted by Gasteiger charge is -2.27. The van der Waals surface area contributed by atoms with Gasteiger partial charge in [-0.15, -0.1) is 0 Å². The molecule has 0 N–H and O–H groups in total. The van der Waals surface area contributed by atoms with E-state index in [0.29, 0.717) is 0 Å². The van der Waals surface area contributed by atoms with E-state index >= 15 is 0 Å². The van der Waals surface area contributed by atoms with Crippen LogP contribution in [-0.4, -0.2) is 20.8 Å². The topological polar surface area (TPSA) is 6.48 Å². The van der Waals surface area contributed by atoms with Gasteiger partial charge in [0.2, 0.25) is 0 Å². The Balaban J connectivity index is 2.02. The van der Waals surface area contributed by atoms with Crippen molar-refractivity contribution in [3.05, 3.63) is 60.7 Å². The molecular formula is C15H18N2. The quantitative estimate of drug-likeness (QED) is 0.739. The smallest absolute Gasteiger partial charge is 0.0896 e. The average Bonchev–Trinajstić information content (AvgIpc) is 2.40. The van der Waals surface area contributed by atoms with Crippen molar-refractivity contribution in [2.75, 3.05) is 30.6 Å². The van der Waals surface area contributed by atoms with Crippen LogP contribution in [0.15, 0.2) is 60.7 Å². The minimum atomic E-state index is 0.869. The van der Waals surface area contributed by atoms with E-state index in [1.165, 1.54) is 11.4 Å². The lowest BCUT2D eigenvalue weighted by Crippen LogP contribution is -2.32. The Morgan fingerprint density at radius 3 is 1.35 bits per heavy atom. The molecule has 0 saturated carbocycles. The van der Waals surface area contributed by atoms with Crippen LogP contribution in [0.1, 0.15) is 0 Å². The molecule has 0 atom stereocenters. The van der Waals surface area contributed by atoms with Crippen molar-refractivity contribution in [2.24, 2.45) is 0 Å². The van der Waals surface area contributed by atoms with Gasteiger partial charge in [0.05, 0.1) is 6.67 Å². The van der Waals surface area contributed by atoms with Gasteiger partial charge in [0.1, 0.15) is 0 Å². The van der Waals surface area contributed by atoms with Crippen LogP contribution < -0.4 is 9.80 Å². The molecule has 0 heterocycles. The van der Waals surface area contributed by atoms with Crippen molar-refractivity contribution >= 4 is 11.4 Å². The first-order valence-corrected chi connectivity index (χ1v) is 5.80. The van der Waals surface area contributed by atoms with Crippen LogP contribution in [0.2, 0.25) is 0 Å². The average molecular weight is 226 g/mol. The molecule has 2 heteroatoms. The molecule has 2 nitrogen and oxygen atoms in total. The summed E-state index contributed by atoms with van der Waals surface area (Å²) in [6.45, 7) is 0.869. The molecule has 0 spiro atoms. The van der Waals surface area contributed by atoms with Crippen LogP contribution in [0.3, 0.4) is 0 Å². The first-order valence-electron chi connectivity index (χ1n) is 5.80. The summed E-state index contributed by atoms with van der Waals surface area (Å²) in [4.78, 5) is 4.46. The third-order valence-electron chi connectivity index (χ3n) is 2.82. The predicted molar refractivity (Wildman–Crippen MR) is 74.6 cm³/mol. The summed E-state index contributed by atoms with van der Waals surface area (Å²) >= 11 is 0. The Labute approximate surface area is 103 Å². The normalized spacial score (nSPS) is 10.0. The maximum absolute atomic E-state index is 2.23. The largest absolute Gasteiger partial charge is 0.357 e. The molecular weight excluding hydrogens is 208 g/mol. The highest BCUT2D eigenvalue weighted by molar-refractivity contribution is 5.50. The van der Waals surface area contributed by atoms with E-state index in [1.54, 1.807) is 0 Å². The van der Waals surface area contributed by atoms with Crippen LogP contribution >= 0.6 is 0 Å². The molecule has 0 fully saturated rings. The summed E-state index contributed by atoms with van der Waals surface area (Å²) < 4.78 is 0. The zero-order valence-corrected chi connectivity index (χ0v) is 10.4. The van der Waals surface area contributed by atoms with Crippen molar-refractivity contribution < 1.29 is 0 Å². The standard InChI is InChI=1S/C15H18N2/c1-16(14-9-5-3-6-10-14)13-17(2)15-11-7-4-8-12-15/h3-12H,13H2,1-2H3. The molecule has 0 saturated heterocycles. The van der Waals surface area contributed by atoms with Crippen LogP contribution in [0.25, 0.3) is 0 Å². The van der Waals surface area contributed by atoms with Crippen LogP contribution in [-0.2, 0) is 0 Å². The zero-order chi connectivity index (χ0) is 12.1. The van der Waals surface area contributed by atoms with E-state index in [9.17, 15) is 0 Å². The minimum Gasteiger partial charge on any atom is -0.357 e. The highest BCUT2D eigenvalue weighted by Gasteiger charge is 2.04. The highest BCUT2D eigenvalue weighted by atomic mass is 15.3. The number of anilines is 2. The van der Waals surface area contributed by atoms with Gasteiger partial charge in [-0.25, -0.2) is 0 Å². The van der Waals surface area contributed by atoms with Gasteiger partial charge < -0.3 is 9.80 Å². The molecule has 17 heavy (non-hydrogen) atoms. The maximum Gasteiger partial charge on any atom is 0.0896 e. The molecule has 2 aromatic carbocycles. The van der Waals surface area contributed by atoms with Gasteiger partial charge >= 0.3 is 0 Å². The third kappa shape index (κ3) is 3.00. The Bertz CT molecular complexity index is 395. The van der Waals surface area contributed by atoms with E-state index < -0.39 is 0 Å². The zero-order valence-electron chi connectivity index (χ0n) is 10.4. The van der Waals surface area contributed by atoms with Gasteiger partial charge in [-0.2, -0.15) is 0 Å². The van der Waals surface area contributed by atoms with E-state index in [1.807, 2.05) is 12.1 Å². The number of hydrogen-bond acceptors (Lipinski definition) is 2. The Morgan fingerprint density at radius 1 is 0.647 bits per heavy atom. The van der Waals surface area contributed by atoms with Gasteiger partial charge in [-0.1, -0.05) is 36.4 Å². The fraction of sp³-hybridized carbons (Fsp3) is 0.200. The molecule has 0 amide bonds. The molecule has 0 aliphatic carbocycles. The van der Waals surface area contributed by atoms with Crippen molar-refractivity contribution in [3.8, 4) is 0 Å². The minimum absolute atomic E-state index is 0.869. The molecule has 2 aromatic rings. The highest BCUT2D eigenvalue weighted by Crippen LogP contribution is 2.15. The fourth-order valence-electron chi connectivity index (χ4n) is 1.85. The maximum atomic E-state index is 2.23. The van der Waals surface area contributed by atoms with Crippen molar-refractivity contribution in [1.82, 2.24) is 0 Å². The van der Waals surface area contributed by atoms with Gasteiger partial charge in [-0.3, -0.25) is 0 Å². The van der Waals surface area contributed by atoms with E-state index in [4.69, 9.17) is 0 Å². The molecule has 0 radical (unpaired) electrons. The summed E-state index contributed by atoms with van der Waals surface area (Å²) in [6, 6.07) is 20.8. The van der Waals surface area contributed by atoms with Crippen LogP contribution in [0.5, 0.6) is 0 Å². The molecule has 2 rings (SSSR count). The van der Waals surface area contributed by atoms with Crippen LogP contribution in [0, 0.1) is 0 Å². The lowest BCUT2D eigenvalue weighted by molar-refractivity contribution is 0.855. The number of benzene rings is 2. The van der Waals surface area contributed by atoms with E-state index in [0.717, 1.165) is 6.67 Å². The first-order chi connectivity index (χ1) is 8.27. The third-order valence-corrected chi connectivity index (χ3v) is 2.82. The second-order valence-corrected chi connectivity index (χ2v) is 4.21. The number of rotatable bonds is 4. The van der Waals surface area contributed by atoms with Crippen molar-refractivity contribution in [3.63, 3.8) is 0 Å². The molecule has 0 aliphatic heterocycles. The molecule has 0 bridgehead atoms. The Kier molecular flexibility index (Phi) is 3.66. The summed E-state index contributed by atoms with van der Waals surface area (Å²) in [5.74, 6) is 0. The molecule has 0 aliphatic rings. The predicted octanol–water partition coefficient (Wildman–Crippen LogP) is 3.22. The second kappa shape index (κ2) is 5.39. The Hall–Kier alpha value is -1.96. The Morgan fingerprint density at radius 2 is 1.00 bits per heavy atom. The van der Waals surface area contributed by atoms with Gasteiger partial charge in [0.25, 0.3) is 0 Å². The first kappa shape index (κ1) is 11.5. The monoisotopic (exact) mass is 226 g/mol. The molecule has 0 unspecified atom stereocenters. The number of nitrogens with zero attached hydrogens (tertiary/aromatic N) is 2. The van der Waals surface area contributed by atoms with Gasteiger partial charge in [-0.05, 0) is 24.3 Å². The number of para-hydroxylation sites is 2. The summed E-state index contributed by atoms with van der Waals surface area (Å²) in [5, 5.41) is 0. The SMILES string of the molecule is CN(CN(C)c1ccccc1)c1ccccc1. The summed E-state index contributed by atoms with van der Waals surface area (Å²) in [5.41, 5.74) is 2.46. The second-order valence-electron chi connectivity index (χ2n) is 4.21. The summed E-state index contributed by atoms with van der Waals surface area (Å²) in [6.07, 6.45) is 0. The van der Waals surface area contributed by atoms with Gasteiger partial charge in [0, 0.05) is 25.5 Å². The molecule has 88 valence electrons. The van der Waals surface area contributed by atoms with Crippen molar-refractivity contribution in [2.45, 2.75) is 0 Å². The molecule has 0 aromatic heterocycles. The van der Waals surface area contributed by atoms with Gasteiger partial charge in [0.15, 0.2) is 0 Å². The van der Waals surface area contributed by atoms with E-state index in [-0.39, 0.29) is 0 Å². The van der Waals surface area contributed by atoms with E-state index in [2.05, 4.69) is 72.4 Å². The number of hydrogen-bond donors (Lipinski definition) is 0. The summed E-state index contributed by atoms with van der Waals surface area (Å²) in [7, 11) is 4.21.